The van der Waals surface area contributed by atoms with Crippen LogP contribution in [-0.2, 0) is 14.6 Å². The molecule has 0 saturated carbocycles. The summed E-state index contributed by atoms with van der Waals surface area (Å²) < 4.78 is 29.9. The average Bonchev–Trinajstić information content (AvgIpc) is 2.53. The van der Waals surface area contributed by atoms with Gasteiger partial charge < -0.3 is 9.84 Å². The molecule has 6 nitrogen and oxygen atoms in total. The number of nitriles is 1. The molecule has 7 heteroatoms. The van der Waals surface area contributed by atoms with E-state index in [0.717, 1.165) is 0 Å². The first-order chi connectivity index (χ1) is 10.1. The molecule has 1 N–H and O–H groups in total. The molecule has 1 unspecified atom stereocenters. The second-order valence-electron chi connectivity index (χ2n) is 4.91. The van der Waals surface area contributed by atoms with Crippen LogP contribution in [0.5, 0.6) is 0 Å². The largest absolute Gasteiger partial charge is 0.395 e. The van der Waals surface area contributed by atoms with Crippen molar-refractivity contribution < 1.29 is 18.3 Å². The highest BCUT2D eigenvalue weighted by Gasteiger charge is 2.24. The Morgan fingerprint density at radius 2 is 2.29 bits per heavy atom. The zero-order valence-electron chi connectivity index (χ0n) is 11.6. The van der Waals surface area contributed by atoms with Gasteiger partial charge in [0.15, 0.2) is 9.84 Å². The van der Waals surface area contributed by atoms with Gasteiger partial charge in [-0.25, -0.2) is 8.42 Å². The molecule has 114 valence electrons. The Balaban J connectivity index is 2.05. The van der Waals surface area contributed by atoms with Crippen LogP contribution >= 0.6 is 0 Å². The van der Waals surface area contributed by atoms with E-state index in [1.807, 2.05) is 11.0 Å². The number of ether oxygens (including phenoxy) is 1. The third-order valence-corrected chi connectivity index (χ3v) is 5.22. The van der Waals surface area contributed by atoms with Gasteiger partial charge in [-0.2, -0.15) is 5.26 Å². The maximum atomic E-state index is 12.3. The molecule has 0 bridgehead atoms. The van der Waals surface area contributed by atoms with Crippen molar-refractivity contribution in [1.29, 1.82) is 5.26 Å². The Bertz CT molecular complexity index is 624. The van der Waals surface area contributed by atoms with Gasteiger partial charge in [0.05, 0.1) is 48.1 Å². The minimum atomic E-state index is -3.44. The molecule has 1 aliphatic heterocycles. The normalized spacial score (nSPS) is 20.1. The molecule has 1 aliphatic rings. The number of hydrogen-bond acceptors (Lipinski definition) is 6. The lowest BCUT2D eigenvalue weighted by Crippen LogP contribution is -2.49. The number of nitrogens with zero attached hydrogens (tertiary/aromatic N) is 2. The molecule has 1 aromatic rings. The topological polar surface area (TPSA) is 90.6 Å². The summed E-state index contributed by atoms with van der Waals surface area (Å²) in [6.45, 7) is 1.86. The van der Waals surface area contributed by atoms with E-state index in [9.17, 15) is 13.5 Å². The summed E-state index contributed by atoms with van der Waals surface area (Å²) in [5.74, 6) is -0.0433. The van der Waals surface area contributed by atoms with Crippen molar-refractivity contribution in [2.24, 2.45) is 0 Å². The van der Waals surface area contributed by atoms with E-state index in [4.69, 9.17) is 10.00 Å². The zero-order chi connectivity index (χ0) is 15.3. The fourth-order valence-electron chi connectivity index (χ4n) is 2.27. The second kappa shape index (κ2) is 7.00. The predicted octanol–water partition coefficient (Wildman–Crippen LogP) is 0.0251. The summed E-state index contributed by atoms with van der Waals surface area (Å²) in [5, 5.41) is 18.1. The van der Waals surface area contributed by atoms with Gasteiger partial charge in [-0.3, -0.25) is 4.90 Å². The van der Waals surface area contributed by atoms with E-state index >= 15 is 0 Å². The van der Waals surface area contributed by atoms with Crippen molar-refractivity contribution in [2.45, 2.75) is 10.9 Å². The monoisotopic (exact) mass is 310 g/mol. The standard InChI is InChI=1S/C14H18N2O4S/c15-9-12-2-1-3-14(8-12)21(18,19)7-5-16-4-6-20-11-13(16)10-17/h1-3,8,13,17H,4-7,10-11H2. The lowest BCUT2D eigenvalue weighted by Gasteiger charge is -2.34. The third-order valence-electron chi connectivity index (χ3n) is 3.53. The first-order valence-corrected chi connectivity index (χ1v) is 8.37. The highest BCUT2D eigenvalue weighted by Crippen LogP contribution is 2.14. The molecule has 0 spiro atoms. The predicted molar refractivity (Wildman–Crippen MR) is 76.5 cm³/mol. The lowest BCUT2D eigenvalue weighted by molar-refractivity contribution is -0.0245. The van der Waals surface area contributed by atoms with E-state index in [1.54, 1.807) is 12.1 Å². The van der Waals surface area contributed by atoms with Gasteiger partial charge in [0.25, 0.3) is 0 Å². The van der Waals surface area contributed by atoms with Crippen LogP contribution in [-0.4, -0.2) is 63.1 Å². The van der Waals surface area contributed by atoms with Gasteiger partial charge >= 0.3 is 0 Å². The number of rotatable bonds is 5. The fourth-order valence-corrected chi connectivity index (χ4v) is 3.57. The second-order valence-corrected chi connectivity index (χ2v) is 7.01. The lowest BCUT2D eigenvalue weighted by atomic mass is 10.2. The molecule has 1 fully saturated rings. The van der Waals surface area contributed by atoms with Crippen molar-refractivity contribution in [1.82, 2.24) is 4.90 Å². The van der Waals surface area contributed by atoms with Gasteiger partial charge in [0, 0.05) is 13.1 Å². The van der Waals surface area contributed by atoms with Crippen LogP contribution in [0.25, 0.3) is 0 Å². The van der Waals surface area contributed by atoms with Crippen LogP contribution in [0.2, 0.25) is 0 Å². The molecular weight excluding hydrogens is 292 g/mol. The van der Waals surface area contributed by atoms with Crippen LogP contribution in [0.1, 0.15) is 5.56 Å². The molecule has 1 aromatic carbocycles. The number of benzene rings is 1. The quantitative estimate of drug-likeness (QED) is 0.825. The molecule has 0 aliphatic carbocycles. The van der Waals surface area contributed by atoms with Gasteiger partial charge in [-0.1, -0.05) is 6.07 Å². The van der Waals surface area contributed by atoms with Crippen LogP contribution in [0.4, 0.5) is 0 Å². The smallest absolute Gasteiger partial charge is 0.179 e. The first kappa shape index (κ1) is 15.9. The Hall–Kier alpha value is -1.46. The van der Waals surface area contributed by atoms with Crippen LogP contribution in [0.15, 0.2) is 29.2 Å². The average molecular weight is 310 g/mol. The summed E-state index contributed by atoms with van der Waals surface area (Å²) in [6, 6.07) is 7.81. The minimum Gasteiger partial charge on any atom is -0.395 e. The van der Waals surface area contributed by atoms with Gasteiger partial charge in [-0.05, 0) is 18.2 Å². The number of aliphatic hydroxyl groups excluding tert-OH is 1. The van der Waals surface area contributed by atoms with Crippen LogP contribution in [0, 0.1) is 11.3 Å². The number of hydrogen-bond donors (Lipinski definition) is 1. The number of sulfone groups is 1. The first-order valence-electron chi connectivity index (χ1n) is 6.72. The summed E-state index contributed by atoms with van der Waals surface area (Å²) in [6.07, 6.45) is 0. The molecule has 1 saturated heterocycles. The molecule has 21 heavy (non-hydrogen) atoms. The zero-order valence-corrected chi connectivity index (χ0v) is 12.4. The van der Waals surface area contributed by atoms with Crippen molar-refractivity contribution >= 4 is 9.84 Å². The van der Waals surface area contributed by atoms with Gasteiger partial charge in [0.2, 0.25) is 0 Å². The molecule has 0 radical (unpaired) electrons. The van der Waals surface area contributed by atoms with E-state index in [-0.39, 0.29) is 23.3 Å². The van der Waals surface area contributed by atoms with Gasteiger partial charge in [-0.15, -0.1) is 0 Å². The van der Waals surface area contributed by atoms with E-state index in [1.165, 1.54) is 12.1 Å². The molecule has 0 amide bonds. The van der Waals surface area contributed by atoms with Crippen molar-refractivity contribution in [3.05, 3.63) is 29.8 Å². The van der Waals surface area contributed by atoms with E-state index in [0.29, 0.717) is 31.9 Å². The summed E-state index contributed by atoms with van der Waals surface area (Å²) in [5.41, 5.74) is 0.329. The summed E-state index contributed by atoms with van der Waals surface area (Å²) in [4.78, 5) is 2.09. The highest BCUT2D eigenvalue weighted by molar-refractivity contribution is 7.91. The number of aliphatic hydroxyl groups is 1. The SMILES string of the molecule is N#Cc1cccc(S(=O)(=O)CCN2CCOCC2CO)c1. The van der Waals surface area contributed by atoms with Crippen molar-refractivity contribution in [3.63, 3.8) is 0 Å². The van der Waals surface area contributed by atoms with Gasteiger partial charge in [0.1, 0.15) is 0 Å². The Kier molecular flexibility index (Phi) is 5.31. The Morgan fingerprint density at radius 3 is 3.00 bits per heavy atom. The Morgan fingerprint density at radius 1 is 1.48 bits per heavy atom. The molecule has 0 aromatic heterocycles. The van der Waals surface area contributed by atoms with Crippen LogP contribution < -0.4 is 0 Å². The van der Waals surface area contributed by atoms with Crippen molar-refractivity contribution in [3.8, 4) is 6.07 Å². The highest BCUT2D eigenvalue weighted by atomic mass is 32.2. The maximum Gasteiger partial charge on any atom is 0.179 e. The summed E-state index contributed by atoms with van der Waals surface area (Å²) in [7, 11) is -3.44. The minimum absolute atomic E-state index is 0.0433. The van der Waals surface area contributed by atoms with E-state index < -0.39 is 9.84 Å². The number of morpholine rings is 1. The molecular formula is C14H18N2O4S. The van der Waals surface area contributed by atoms with E-state index in [2.05, 4.69) is 0 Å². The fraction of sp³-hybridized carbons (Fsp3) is 0.500. The molecule has 2 rings (SSSR count). The van der Waals surface area contributed by atoms with Crippen LogP contribution in [0.3, 0.4) is 0 Å². The summed E-state index contributed by atoms with van der Waals surface area (Å²) >= 11 is 0. The molecule has 1 heterocycles. The van der Waals surface area contributed by atoms with Crippen molar-refractivity contribution in [2.75, 3.05) is 38.7 Å². The molecule has 1 atom stereocenters. The Labute approximate surface area is 124 Å². The third kappa shape index (κ3) is 4.02. The maximum absolute atomic E-state index is 12.3.